The molecule has 12 aromatic carbocycles. The van der Waals surface area contributed by atoms with E-state index in [0.717, 1.165) is 193 Å². The monoisotopic (exact) mass is 1820 g/mol. The highest BCUT2D eigenvalue weighted by Crippen LogP contribution is 2.48. The van der Waals surface area contributed by atoms with E-state index in [-0.39, 0.29) is 5.41 Å². The van der Waals surface area contributed by atoms with E-state index < -0.39 is 41.3 Å². The fraction of sp³-hybridized carbons (Fsp3) is 0.373. The third kappa shape index (κ3) is 21.4. The van der Waals surface area contributed by atoms with Crippen LogP contribution in [0.25, 0.3) is 133 Å². The van der Waals surface area contributed by atoms with Gasteiger partial charge in [0.2, 0.25) is 22.8 Å². The first-order valence-corrected chi connectivity index (χ1v) is 52.6. The van der Waals surface area contributed by atoms with Crippen LogP contribution in [0.1, 0.15) is 338 Å². The van der Waals surface area contributed by atoms with Crippen LogP contribution in [0.4, 0.5) is 0 Å². The molecule has 0 radical (unpaired) electrons. The minimum atomic E-state index is -0.616. The topological polar surface area (TPSA) is 15.5 Å². The average Bonchev–Trinajstić information content (AvgIpc) is 1.29. The summed E-state index contributed by atoms with van der Waals surface area (Å²) in [6.45, 7) is 19.4. The highest BCUT2D eigenvalue weighted by molar-refractivity contribution is 5.93. The molecule has 16 aromatic rings. The molecule has 0 N–H and O–H groups in total. The normalized spacial score (nSPS) is 18.4. The molecule has 0 amide bonds. The van der Waals surface area contributed by atoms with Crippen molar-refractivity contribution in [2.24, 2.45) is 28.2 Å². The maximum absolute atomic E-state index is 9.56. The molecule has 0 spiro atoms. The molecule has 0 saturated heterocycles. The lowest BCUT2D eigenvalue weighted by Gasteiger charge is -2.24. The van der Waals surface area contributed by atoms with Gasteiger partial charge in [-0.2, -0.15) is 0 Å². The fourth-order valence-corrected chi connectivity index (χ4v) is 23.4. The second-order valence-electron chi connectivity index (χ2n) is 42.6. The Kier molecular flexibility index (Phi) is 26.9. The van der Waals surface area contributed by atoms with Crippen molar-refractivity contribution in [2.45, 2.75) is 295 Å². The first-order valence-electron chi connectivity index (χ1n) is 56.1. The zero-order valence-corrected chi connectivity index (χ0v) is 85.0. The summed E-state index contributed by atoms with van der Waals surface area (Å²) in [6.07, 6.45) is 40.1. The van der Waals surface area contributed by atoms with Gasteiger partial charge in [0, 0.05) is 78.4 Å². The van der Waals surface area contributed by atoms with Gasteiger partial charge < -0.3 is 0 Å². The quantitative estimate of drug-likeness (QED) is 0.0909. The van der Waals surface area contributed by atoms with Crippen molar-refractivity contribution in [3.63, 3.8) is 0 Å². The lowest BCUT2D eigenvalue weighted by molar-refractivity contribution is -0.660. The Morgan fingerprint density at radius 1 is 0.246 bits per heavy atom. The van der Waals surface area contributed by atoms with Crippen molar-refractivity contribution in [1.82, 2.24) is 0 Å². The Hall–Kier alpha value is -11.7. The van der Waals surface area contributed by atoms with Crippen LogP contribution in [0.3, 0.4) is 0 Å². The molecule has 0 aliphatic heterocycles. The molecule has 138 heavy (non-hydrogen) atoms. The fourth-order valence-electron chi connectivity index (χ4n) is 23.4. The summed E-state index contributed by atoms with van der Waals surface area (Å²) in [7, 11) is 8.51. The summed E-state index contributed by atoms with van der Waals surface area (Å²) >= 11 is 0. The number of rotatable bonds is 15. The third-order valence-corrected chi connectivity index (χ3v) is 31.7. The highest BCUT2D eigenvalue weighted by Gasteiger charge is 2.33. The van der Waals surface area contributed by atoms with Gasteiger partial charge in [0.05, 0.1) is 0 Å². The summed E-state index contributed by atoms with van der Waals surface area (Å²) in [6, 6.07) is 97.3. The van der Waals surface area contributed by atoms with Gasteiger partial charge >= 0.3 is 0 Å². The van der Waals surface area contributed by atoms with E-state index >= 15 is 0 Å². The molecule has 4 heterocycles. The van der Waals surface area contributed by atoms with E-state index in [1.54, 1.807) is 0 Å². The van der Waals surface area contributed by atoms with E-state index in [2.05, 4.69) is 387 Å². The molecule has 6 fully saturated rings. The van der Waals surface area contributed by atoms with Gasteiger partial charge in [0.1, 0.15) is 28.2 Å². The SMILES string of the molecule is [2H]C(C)(C)c1ccc2cc(-c3cc(-c4ccccc4C)[n+](C)cc3C3([2H])CCCCC3)ccc2c1.[2H]C1(c2c[n+](C)c(-c3ccccc3C)cc2-c2ccc3cc(C(C)(C)C)ccc3c2)CCCCC1.[2H]C1(c2ccc3cc(-c4cc(-c5ccccc5C)[n+](C)cc4C4([2H])CCCCC4)ccc3c2)CCCC1.[2H]C1(c2ccc3cc(-c4cc(-c5ccccc5C)[n+](C)cc4C4([2H])CCCCC4)ccc3c2)CCCCC1. The number of nitrogens with zero attached hydrogens (tertiary/aromatic N) is 4. The van der Waals surface area contributed by atoms with Crippen molar-refractivity contribution in [2.75, 3.05) is 0 Å². The number of aromatic nitrogens is 4. The van der Waals surface area contributed by atoms with Crippen molar-refractivity contribution in [1.29, 1.82) is 0 Å². The molecule has 6 aliphatic carbocycles. The summed E-state index contributed by atoms with van der Waals surface area (Å²) in [4.78, 5) is 0. The smallest absolute Gasteiger partial charge is 0.201 e. The molecular weight excluding hydrogens is 1670 g/mol. The Morgan fingerprint density at radius 2 is 0.478 bits per heavy atom. The second kappa shape index (κ2) is 42.9. The Bertz CT molecular complexity index is 7260. The van der Waals surface area contributed by atoms with Gasteiger partial charge in [-0.05, 0) is 332 Å². The molecule has 0 unspecified atom stereocenters. The summed E-state index contributed by atoms with van der Waals surface area (Å²) in [5, 5.41) is 9.72. The van der Waals surface area contributed by atoms with Crippen molar-refractivity contribution in [3.8, 4) is 89.5 Å². The maximum atomic E-state index is 9.56. The molecule has 4 aromatic heterocycles. The maximum Gasteiger partial charge on any atom is 0.213 e. The zero-order chi connectivity index (χ0) is 102. The average molecular weight is 1830 g/mol. The van der Waals surface area contributed by atoms with Crippen molar-refractivity contribution < 1.29 is 27.9 Å². The number of aryl methyl sites for hydroxylation is 8. The number of fused-ring (bicyclic) bond motifs is 4. The number of hydrogen-bond donors (Lipinski definition) is 0. The van der Waals surface area contributed by atoms with E-state index in [0.29, 0.717) is 0 Å². The largest absolute Gasteiger partial charge is 0.213 e. The predicted octanol–water partition coefficient (Wildman–Crippen LogP) is 35.5. The Morgan fingerprint density at radius 3 is 0.754 bits per heavy atom. The van der Waals surface area contributed by atoms with Crippen molar-refractivity contribution in [3.05, 3.63) is 358 Å². The molecule has 4 heteroatoms. The molecule has 6 aliphatic rings. The van der Waals surface area contributed by atoms with E-state index in [9.17, 15) is 5.48 Å². The molecule has 22 rings (SSSR count). The summed E-state index contributed by atoms with van der Waals surface area (Å²) in [5.41, 5.74) is 33.7. The van der Waals surface area contributed by atoms with Crippen LogP contribution < -0.4 is 18.3 Å². The minimum absolute atomic E-state index is 0.134. The minimum Gasteiger partial charge on any atom is -0.201 e. The van der Waals surface area contributed by atoms with Crippen LogP contribution in [0.5, 0.6) is 0 Å². The van der Waals surface area contributed by atoms with Crippen LogP contribution in [0, 0.1) is 27.7 Å². The Labute approximate surface area is 837 Å². The van der Waals surface area contributed by atoms with Gasteiger partial charge in [-0.1, -0.05) is 338 Å². The van der Waals surface area contributed by atoms with Gasteiger partial charge in [-0.3, -0.25) is 0 Å². The van der Waals surface area contributed by atoms with E-state index in [1.807, 2.05) is 13.8 Å². The zero-order valence-electron chi connectivity index (χ0n) is 92.0. The van der Waals surface area contributed by atoms with Crippen molar-refractivity contribution >= 4 is 43.1 Å². The third-order valence-electron chi connectivity index (χ3n) is 31.7. The highest BCUT2D eigenvalue weighted by atomic mass is 14.9. The van der Waals surface area contributed by atoms with Gasteiger partial charge in [-0.25, -0.2) is 18.3 Å². The van der Waals surface area contributed by atoms with Crippen LogP contribution in [0.15, 0.2) is 292 Å². The standard InChI is InChI=1S/C35H40N.C34H38N.C33H38N.C32H36N/c1-25-11-9-10-16-32(25)35-23-33(34(24-36(35)2)27-14-7-4-8-15-27)31-20-19-29-21-28(17-18-30(29)22-31)26-12-5-3-6-13-26;1-24-10-6-9-15-31(24)34-22-32(33(23-35(34)2)26-13-4-3-5-14-26)30-19-18-28-20-27(16-17-29(28)21-30)25-11-7-8-12-25;1-23-11-9-10-14-29(23)32-21-30(31(22-34(32)5)24-12-7-6-8-13-24)27-16-15-26-20-28(33(2,3)4)18-17-25(26)19-27;1-22(2)25-14-15-27-19-28(17-16-26(27)18-25)30-20-32(29-13-9-8-10-23(29)3)33(4)21-31(30)24-11-6-5-7-12-24/h9-11,16-24,26-27H,3-8,12-15H2,1-2H3;6,9-10,15-23,25-26H,3-5,7-8,11-14H2,1-2H3;9-11,14-22,24H,6-8,12-13H2,1-5H3;8-10,13-22,24H,5-7,11-12H2,1-4H3/q4*+1/i26D,27D;25D,26D;24D;22D,24D. The molecule has 0 bridgehead atoms. The number of benzene rings is 12. The van der Waals surface area contributed by atoms with Crippen LogP contribution in [-0.4, -0.2) is 0 Å². The van der Waals surface area contributed by atoms with Gasteiger partial charge in [0.25, 0.3) is 0 Å². The first-order chi connectivity index (χ1) is 69.5. The van der Waals surface area contributed by atoms with Crippen LogP contribution in [0.2, 0.25) is 0 Å². The lowest BCUT2D eigenvalue weighted by atomic mass is 9.80. The number of hydrogen-bond acceptors (Lipinski definition) is 0. The van der Waals surface area contributed by atoms with E-state index in [1.165, 1.54) is 193 Å². The van der Waals surface area contributed by atoms with Crippen LogP contribution >= 0.6 is 0 Å². The van der Waals surface area contributed by atoms with Gasteiger partial charge in [0.15, 0.2) is 24.8 Å². The molecule has 704 valence electrons. The predicted molar refractivity (Wildman–Crippen MR) is 586 cm³/mol. The van der Waals surface area contributed by atoms with E-state index in [4.69, 9.17) is 4.11 Å². The molecule has 0 atom stereocenters. The summed E-state index contributed by atoms with van der Waals surface area (Å²) < 4.78 is 73.5. The van der Waals surface area contributed by atoms with Crippen LogP contribution in [-0.2, 0) is 33.6 Å². The second-order valence-corrected chi connectivity index (χ2v) is 42.6. The summed E-state index contributed by atoms with van der Waals surface area (Å²) in [5.74, 6) is -3.65. The Balaban J connectivity index is 0.000000122. The first kappa shape index (κ1) is 86.6. The molecule has 6 saturated carbocycles. The molecular formula is C134H152N4+4. The van der Waals surface area contributed by atoms with Gasteiger partial charge in [-0.15, -0.1) is 0 Å². The lowest BCUT2D eigenvalue weighted by Crippen LogP contribution is -2.32. The number of pyridine rings is 4. The molecule has 4 nitrogen and oxygen atoms in total.